The molecule has 6 heteroatoms. The normalized spacial score (nSPS) is 16.0. The zero-order valence-corrected chi connectivity index (χ0v) is 17.6. The Morgan fingerprint density at radius 2 is 2.04 bits per heavy atom. The molecule has 1 N–H and O–H groups in total. The molecule has 1 aromatic carbocycles. The highest BCUT2D eigenvalue weighted by molar-refractivity contribution is 7.11. The summed E-state index contributed by atoms with van der Waals surface area (Å²) in [5.41, 5.74) is 2.74. The second-order valence-corrected chi connectivity index (χ2v) is 8.42. The van der Waals surface area contributed by atoms with Crippen molar-refractivity contribution >= 4 is 17.3 Å². The Balaban J connectivity index is 1.50. The summed E-state index contributed by atoms with van der Waals surface area (Å²) in [5, 5.41) is 4.63. The quantitative estimate of drug-likeness (QED) is 0.613. The summed E-state index contributed by atoms with van der Waals surface area (Å²) in [5.74, 6) is 1.04. The van der Waals surface area contributed by atoms with Crippen molar-refractivity contribution in [3.63, 3.8) is 0 Å². The molecule has 0 aliphatic carbocycles. The minimum Gasteiger partial charge on any atom is -0.357 e. The third-order valence-corrected chi connectivity index (χ3v) is 5.72. The van der Waals surface area contributed by atoms with Gasteiger partial charge in [-0.2, -0.15) is 0 Å². The van der Waals surface area contributed by atoms with E-state index < -0.39 is 0 Å². The molecular formula is C21H31N5S. The van der Waals surface area contributed by atoms with E-state index in [9.17, 15) is 0 Å². The van der Waals surface area contributed by atoms with Gasteiger partial charge in [0.2, 0.25) is 0 Å². The fourth-order valence-corrected chi connectivity index (χ4v) is 4.16. The number of piperazine rings is 1. The maximum Gasteiger partial charge on any atom is 0.194 e. The number of aryl methyl sites for hydroxylation is 2. The molecule has 3 rings (SSSR count). The van der Waals surface area contributed by atoms with E-state index in [2.05, 4.69) is 65.1 Å². The van der Waals surface area contributed by atoms with Gasteiger partial charge in [-0.05, 0) is 26.3 Å². The Labute approximate surface area is 167 Å². The van der Waals surface area contributed by atoms with Crippen LogP contribution < -0.4 is 5.32 Å². The minimum absolute atomic E-state index is 0.790. The minimum atomic E-state index is 0.790. The van der Waals surface area contributed by atoms with Gasteiger partial charge in [-0.15, -0.1) is 11.3 Å². The van der Waals surface area contributed by atoms with Crippen LogP contribution in [-0.2, 0) is 13.0 Å². The van der Waals surface area contributed by atoms with Gasteiger partial charge in [-0.25, -0.2) is 4.98 Å². The van der Waals surface area contributed by atoms with E-state index in [0.717, 1.165) is 58.2 Å². The number of nitrogens with one attached hydrogen (secondary N) is 1. The van der Waals surface area contributed by atoms with Crippen LogP contribution in [0.2, 0.25) is 0 Å². The fraction of sp³-hybridized carbons (Fsp3) is 0.524. The van der Waals surface area contributed by atoms with Crippen LogP contribution in [0, 0.1) is 13.8 Å². The van der Waals surface area contributed by atoms with E-state index in [1.54, 1.807) is 11.3 Å². The van der Waals surface area contributed by atoms with E-state index in [4.69, 9.17) is 4.99 Å². The molecule has 0 amide bonds. The number of aliphatic imine (C=N–C) groups is 1. The summed E-state index contributed by atoms with van der Waals surface area (Å²) < 4.78 is 0. The van der Waals surface area contributed by atoms with Crippen LogP contribution in [0.5, 0.6) is 0 Å². The van der Waals surface area contributed by atoms with Crippen LogP contribution in [0.1, 0.15) is 27.9 Å². The second kappa shape index (κ2) is 9.85. The van der Waals surface area contributed by atoms with Gasteiger partial charge in [0.1, 0.15) is 0 Å². The van der Waals surface area contributed by atoms with Crippen molar-refractivity contribution in [2.45, 2.75) is 33.7 Å². The molecule has 0 radical (unpaired) electrons. The maximum atomic E-state index is 4.84. The van der Waals surface area contributed by atoms with Crippen LogP contribution in [-0.4, -0.2) is 60.0 Å². The number of nitrogens with zero attached hydrogens (tertiary/aromatic N) is 4. The van der Waals surface area contributed by atoms with Crippen molar-refractivity contribution in [1.82, 2.24) is 20.1 Å². The van der Waals surface area contributed by atoms with Gasteiger partial charge < -0.3 is 10.2 Å². The Hall–Kier alpha value is -1.92. The van der Waals surface area contributed by atoms with Gasteiger partial charge in [0.15, 0.2) is 5.96 Å². The molecule has 1 aliphatic heterocycles. The number of guanidine groups is 1. The molecular weight excluding hydrogens is 354 g/mol. The first-order chi connectivity index (χ1) is 13.1. The predicted octanol–water partition coefficient (Wildman–Crippen LogP) is 3.09. The zero-order valence-electron chi connectivity index (χ0n) is 16.7. The summed E-state index contributed by atoms with van der Waals surface area (Å²) in [4.78, 5) is 15.5. The van der Waals surface area contributed by atoms with Crippen LogP contribution in [0.25, 0.3) is 0 Å². The van der Waals surface area contributed by atoms with Gasteiger partial charge in [0, 0.05) is 63.3 Å². The Morgan fingerprint density at radius 3 is 2.70 bits per heavy atom. The highest BCUT2D eigenvalue weighted by atomic mass is 32.1. The molecule has 1 aliphatic rings. The van der Waals surface area contributed by atoms with Crippen molar-refractivity contribution in [3.8, 4) is 0 Å². The molecule has 1 aromatic heterocycles. The number of thiazole rings is 1. The lowest BCUT2D eigenvalue weighted by Gasteiger charge is -2.36. The number of hydrogen-bond acceptors (Lipinski definition) is 4. The first-order valence-electron chi connectivity index (χ1n) is 9.86. The number of aromatic nitrogens is 1. The third kappa shape index (κ3) is 6.04. The van der Waals surface area contributed by atoms with Gasteiger partial charge in [0.05, 0.1) is 5.01 Å². The Morgan fingerprint density at radius 1 is 1.22 bits per heavy atom. The summed E-state index contributed by atoms with van der Waals surface area (Å²) in [7, 11) is 0. The summed E-state index contributed by atoms with van der Waals surface area (Å²) in [6, 6.07) is 8.83. The molecule has 0 saturated carbocycles. The highest BCUT2D eigenvalue weighted by Crippen LogP contribution is 2.12. The monoisotopic (exact) mass is 385 g/mol. The summed E-state index contributed by atoms with van der Waals surface area (Å²) in [6.45, 7) is 13.3. The Kier molecular flexibility index (Phi) is 7.24. The average molecular weight is 386 g/mol. The number of benzene rings is 1. The molecule has 2 heterocycles. The van der Waals surface area contributed by atoms with Crippen LogP contribution in [0.15, 0.2) is 35.5 Å². The molecule has 146 valence electrons. The van der Waals surface area contributed by atoms with Gasteiger partial charge in [-0.1, -0.05) is 29.8 Å². The van der Waals surface area contributed by atoms with Crippen molar-refractivity contribution in [2.75, 3.05) is 39.3 Å². The molecule has 27 heavy (non-hydrogen) atoms. The largest absolute Gasteiger partial charge is 0.357 e. The highest BCUT2D eigenvalue weighted by Gasteiger charge is 2.19. The topological polar surface area (TPSA) is 43.8 Å². The van der Waals surface area contributed by atoms with Crippen molar-refractivity contribution in [3.05, 3.63) is 51.5 Å². The molecule has 1 fully saturated rings. The summed E-state index contributed by atoms with van der Waals surface area (Å²) >= 11 is 1.77. The third-order valence-electron chi connectivity index (χ3n) is 4.75. The Bertz CT molecular complexity index is 747. The molecule has 2 aromatic rings. The molecule has 0 spiro atoms. The first kappa shape index (κ1) is 19.8. The van der Waals surface area contributed by atoms with Gasteiger partial charge in [0.25, 0.3) is 0 Å². The van der Waals surface area contributed by atoms with E-state index in [-0.39, 0.29) is 0 Å². The van der Waals surface area contributed by atoms with Crippen LogP contribution in [0.4, 0.5) is 0 Å². The van der Waals surface area contributed by atoms with Crippen molar-refractivity contribution in [2.24, 2.45) is 4.99 Å². The summed E-state index contributed by atoms with van der Waals surface area (Å²) in [6.07, 6.45) is 2.86. The predicted molar refractivity (Wildman–Crippen MR) is 115 cm³/mol. The number of rotatable bonds is 6. The molecule has 1 saturated heterocycles. The molecule has 5 nitrogen and oxygen atoms in total. The lowest BCUT2D eigenvalue weighted by molar-refractivity contribution is 0.172. The van der Waals surface area contributed by atoms with Crippen molar-refractivity contribution in [1.29, 1.82) is 0 Å². The zero-order chi connectivity index (χ0) is 19.1. The molecule has 0 atom stereocenters. The van der Waals surface area contributed by atoms with Gasteiger partial charge in [-0.3, -0.25) is 9.89 Å². The van der Waals surface area contributed by atoms with E-state index in [1.807, 2.05) is 6.20 Å². The van der Waals surface area contributed by atoms with Gasteiger partial charge >= 0.3 is 0 Å². The molecule has 0 bridgehead atoms. The maximum absolute atomic E-state index is 4.84. The van der Waals surface area contributed by atoms with E-state index in [0.29, 0.717) is 0 Å². The first-order valence-corrected chi connectivity index (χ1v) is 10.7. The second-order valence-electron chi connectivity index (χ2n) is 7.10. The number of hydrogen-bond donors (Lipinski definition) is 1. The fourth-order valence-electron chi connectivity index (χ4n) is 3.39. The molecule has 0 unspecified atom stereocenters. The van der Waals surface area contributed by atoms with Crippen molar-refractivity contribution < 1.29 is 0 Å². The smallest absolute Gasteiger partial charge is 0.194 e. The standard InChI is InChI=1S/C21H31N5S/c1-4-22-21(23-9-8-20-24-15-18(3)27-20)26-12-10-25(11-13-26)16-19-7-5-6-17(2)14-19/h5-7,14-15H,4,8-13,16H2,1-3H3,(H,22,23). The van der Waals surface area contributed by atoms with Crippen LogP contribution >= 0.6 is 11.3 Å². The SMILES string of the molecule is CCNC(=NCCc1ncc(C)s1)N1CCN(Cc2cccc(C)c2)CC1. The lowest BCUT2D eigenvalue weighted by atomic mass is 10.1. The average Bonchev–Trinajstić information content (AvgIpc) is 3.07. The van der Waals surface area contributed by atoms with E-state index in [1.165, 1.54) is 21.0 Å². The van der Waals surface area contributed by atoms with Crippen LogP contribution in [0.3, 0.4) is 0 Å². The van der Waals surface area contributed by atoms with E-state index >= 15 is 0 Å². The lowest BCUT2D eigenvalue weighted by Crippen LogP contribution is -2.52.